The van der Waals surface area contributed by atoms with Crippen LogP contribution in [0.3, 0.4) is 0 Å². The Morgan fingerprint density at radius 1 is 0.652 bits per heavy atom. The zero-order valence-electron chi connectivity index (χ0n) is 14.2. The van der Waals surface area contributed by atoms with Crippen LogP contribution in [0.25, 0.3) is 0 Å². The Hall–Kier alpha value is -0.140. The topological polar surface area (TPSA) is 9.23 Å². The summed E-state index contributed by atoms with van der Waals surface area (Å²) < 4.78 is 8.66. The van der Waals surface area contributed by atoms with Gasteiger partial charge in [-0.1, -0.05) is 52.0 Å². The second kappa shape index (κ2) is 7.83. The maximum atomic E-state index is 6.13. The van der Waals surface area contributed by atoms with Crippen LogP contribution in [0.5, 0.6) is 0 Å². The van der Waals surface area contributed by atoms with Crippen LogP contribution in [0.4, 0.5) is 0 Å². The number of benzene rings is 2. The van der Waals surface area contributed by atoms with Gasteiger partial charge in [-0.3, -0.25) is 0 Å². The quantitative estimate of drug-likeness (QED) is 0.404. The molecular weight excluding hydrogens is 510 g/mol. The van der Waals surface area contributed by atoms with E-state index in [2.05, 4.69) is 121 Å². The monoisotopic (exact) mass is 534 g/mol. The molecule has 1 nitrogen and oxygen atoms in total. The summed E-state index contributed by atoms with van der Waals surface area (Å²) in [5, 5.41) is 0. The third kappa shape index (κ3) is 5.43. The fraction of sp³-hybridized carbons (Fsp3) is 0.400. The van der Waals surface area contributed by atoms with Crippen molar-refractivity contribution in [3.05, 3.63) is 66.8 Å². The lowest BCUT2D eigenvalue weighted by Crippen LogP contribution is -2.30. The van der Waals surface area contributed by atoms with Gasteiger partial charge in [-0.25, -0.2) is 0 Å². The summed E-state index contributed by atoms with van der Waals surface area (Å²) in [7, 11) is 0. The van der Waals surface area contributed by atoms with Crippen LogP contribution in [-0.2, 0) is 15.6 Å². The van der Waals surface area contributed by atoms with E-state index in [-0.39, 0.29) is 10.8 Å². The molecule has 124 valence electrons. The van der Waals surface area contributed by atoms with Gasteiger partial charge in [-0.15, -0.1) is 0 Å². The van der Waals surface area contributed by atoms with Gasteiger partial charge in [0.15, 0.2) is 0 Å². The van der Waals surface area contributed by atoms with Crippen molar-refractivity contribution in [3.8, 4) is 0 Å². The molecule has 0 heterocycles. The molecule has 2 aromatic rings. The highest BCUT2D eigenvalue weighted by Gasteiger charge is 2.25. The van der Waals surface area contributed by atoms with Gasteiger partial charge in [0, 0.05) is 18.0 Å². The first-order valence-electron chi connectivity index (χ1n) is 7.81. The molecule has 0 aliphatic carbocycles. The normalized spacial score (nSPS) is 12.4. The Morgan fingerprint density at radius 3 is 1.26 bits per heavy atom. The van der Waals surface area contributed by atoms with E-state index in [0.29, 0.717) is 0 Å². The molecule has 2 aromatic carbocycles. The van der Waals surface area contributed by atoms with Crippen molar-refractivity contribution in [2.24, 2.45) is 0 Å². The Balaban J connectivity index is 1.97. The Labute approximate surface area is 167 Å². The molecule has 23 heavy (non-hydrogen) atoms. The molecule has 0 bridgehead atoms. The van der Waals surface area contributed by atoms with Crippen molar-refractivity contribution >= 4 is 45.2 Å². The molecule has 0 aliphatic heterocycles. The van der Waals surface area contributed by atoms with E-state index in [9.17, 15) is 0 Å². The average molecular weight is 534 g/mol. The summed E-state index contributed by atoms with van der Waals surface area (Å²) >= 11 is 4.68. The minimum Gasteiger partial charge on any atom is -0.380 e. The maximum absolute atomic E-state index is 6.13. The van der Waals surface area contributed by atoms with E-state index in [0.717, 1.165) is 13.2 Å². The van der Waals surface area contributed by atoms with Gasteiger partial charge in [0.25, 0.3) is 0 Å². The van der Waals surface area contributed by atoms with Crippen LogP contribution < -0.4 is 0 Å². The summed E-state index contributed by atoms with van der Waals surface area (Å²) in [6.07, 6.45) is 0. The lowest BCUT2D eigenvalue weighted by molar-refractivity contribution is 0.0633. The third-order valence-electron chi connectivity index (χ3n) is 4.18. The van der Waals surface area contributed by atoms with Crippen LogP contribution >= 0.6 is 45.2 Å². The standard InChI is InChI=1S/C20H24I2O/c1-19(2,15-5-9-17(21)10-6-15)13-23-14-20(3,4)16-7-11-18(22)12-8-16/h5-12H,13-14H2,1-4H3. The van der Waals surface area contributed by atoms with Gasteiger partial charge in [0.05, 0.1) is 13.2 Å². The SMILES string of the molecule is CC(C)(COCC(C)(C)c1ccc(I)cc1)c1ccc(I)cc1. The zero-order chi connectivity index (χ0) is 17.1. The lowest BCUT2D eigenvalue weighted by atomic mass is 9.84. The number of hydrogen-bond acceptors (Lipinski definition) is 1. The molecule has 0 spiro atoms. The van der Waals surface area contributed by atoms with Crippen molar-refractivity contribution in [1.29, 1.82) is 0 Å². The number of rotatable bonds is 6. The largest absolute Gasteiger partial charge is 0.380 e. The summed E-state index contributed by atoms with van der Waals surface area (Å²) in [4.78, 5) is 0. The van der Waals surface area contributed by atoms with Gasteiger partial charge >= 0.3 is 0 Å². The van der Waals surface area contributed by atoms with Crippen LogP contribution in [0, 0.1) is 7.14 Å². The van der Waals surface area contributed by atoms with E-state index in [1.807, 2.05) is 0 Å². The van der Waals surface area contributed by atoms with Gasteiger partial charge in [0.1, 0.15) is 0 Å². The van der Waals surface area contributed by atoms with Crippen LogP contribution in [0.1, 0.15) is 38.8 Å². The molecular formula is C20H24I2O. The Morgan fingerprint density at radius 2 is 0.957 bits per heavy atom. The van der Waals surface area contributed by atoms with Crippen LogP contribution in [0.15, 0.2) is 48.5 Å². The van der Waals surface area contributed by atoms with Crippen LogP contribution in [-0.4, -0.2) is 13.2 Å². The summed E-state index contributed by atoms with van der Waals surface area (Å²) in [6, 6.07) is 17.5. The van der Waals surface area contributed by atoms with Crippen molar-refractivity contribution in [1.82, 2.24) is 0 Å². The molecule has 0 aromatic heterocycles. The first-order chi connectivity index (χ1) is 10.7. The fourth-order valence-corrected chi connectivity index (χ4v) is 3.25. The van der Waals surface area contributed by atoms with Gasteiger partial charge < -0.3 is 4.74 Å². The Kier molecular flexibility index (Phi) is 6.53. The molecule has 0 unspecified atom stereocenters. The third-order valence-corrected chi connectivity index (χ3v) is 5.62. The van der Waals surface area contributed by atoms with E-state index in [4.69, 9.17) is 4.74 Å². The maximum Gasteiger partial charge on any atom is 0.0558 e. The van der Waals surface area contributed by atoms with Gasteiger partial charge in [-0.05, 0) is 80.6 Å². The predicted octanol–water partition coefficient (Wildman–Crippen LogP) is 6.17. The number of halogens is 2. The summed E-state index contributed by atoms with van der Waals surface area (Å²) in [5.74, 6) is 0. The van der Waals surface area contributed by atoms with Gasteiger partial charge in [0.2, 0.25) is 0 Å². The molecule has 0 saturated carbocycles. The molecule has 2 rings (SSSR count). The number of hydrogen-bond donors (Lipinski definition) is 0. The van der Waals surface area contributed by atoms with E-state index >= 15 is 0 Å². The second-order valence-electron chi connectivity index (χ2n) is 7.27. The highest BCUT2D eigenvalue weighted by atomic mass is 127. The van der Waals surface area contributed by atoms with E-state index < -0.39 is 0 Å². The molecule has 0 aliphatic rings. The summed E-state index contributed by atoms with van der Waals surface area (Å²) in [6.45, 7) is 10.4. The molecule has 3 heteroatoms. The first-order valence-corrected chi connectivity index (χ1v) is 9.96. The average Bonchev–Trinajstić information content (AvgIpc) is 2.47. The minimum atomic E-state index is 0.0203. The molecule has 0 fully saturated rings. The summed E-state index contributed by atoms with van der Waals surface area (Å²) in [5.41, 5.74) is 2.69. The molecule has 0 N–H and O–H groups in total. The molecule has 0 saturated heterocycles. The van der Waals surface area contributed by atoms with Crippen molar-refractivity contribution in [2.75, 3.05) is 13.2 Å². The number of ether oxygens (including phenoxy) is 1. The highest BCUT2D eigenvalue weighted by Crippen LogP contribution is 2.28. The lowest BCUT2D eigenvalue weighted by Gasteiger charge is -2.30. The molecule has 0 radical (unpaired) electrons. The smallest absolute Gasteiger partial charge is 0.0558 e. The minimum absolute atomic E-state index is 0.0203. The zero-order valence-corrected chi connectivity index (χ0v) is 18.5. The second-order valence-corrected chi connectivity index (χ2v) is 9.77. The highest BCUT2D eigenvalue weighted by molar-refractivity contribution is 14.1. The molecule has 0 atom stereocenters. The van der Waals surface area contributed by atoms with E-state index in [1.165, 1.54) is 18.3 Å². The van der Waals surface area contributed by atoms with E-state index in [1.54, 1.807) is 0 Å². The van der Waals surface area contributed by atoms with Crippen molar-refractivity contribution < 1.29 is 4.74 Å². The van der Waals surface area contributed by atoms with Crippen molar-refractivity contribution in [2.45, 2.75) is 38.5 Å². The van der Waals surface area contributed by atoms with Crippen molar-refractivity contribution in [3.63, 3.8) is 0 Å². The Bertz CT molecular complexity index is 570. The van der Waals surface area contributed by atoms with Gasteiger partial charge in [-0.2, -0.15) is 0 Å². The van der Waals surface area contributed by atoms with Crippen LogP contribution in [0.2, 0.25) is 0 Å². The molecule has 0 amide bonds. The first kappa shape index (κ1) is 19.2. The fourth-order valence-electron chi connectivity index (χ4n) is 2.53. The predicted molar refractivity (Wildman–Crippen MR) is 115 cm³/mol.